The number of nitrogens with zero attached hydrogens (tertiary/aromatic N) is 1. The summed E-state index contributed by atoms with van der Waals surface area (Å²) in [5, 5.41) is 2.54. The van der Waals surface area contributed by atoms with Crippen molar-refractivity contribution in [3.63, 3.8) is 0 Å². The number of ether oxygens (including phenoxy) is 1. The molecule has 21 heavy (non-hydrogen) atoms. The Morgan fingerprint density at radius 1 is 1.33 bits per heavy atom. The summed E-state index contributed by atoms with van der Waals surface area (Å²) in [5.74, 6) is 0. The SMILES string of the molecule is CC(C)(C)OC(=O)NCc1ccnc(CCC(F)(F)F)c1. The summed E-state index contributed by atoms with van der Waals surface area (Å²) in [6.07, 6.45) is -4.44. The molecule has 0 aliphatic heterocycles. The fraction of sp³-hybridized carbons (Fsp3) is 0.571. The van der Waals surface area contributed by atoms with Gasteiger partial charge in [0.25, 0.3) is 0 Å². The van der Waals surface area contributed by atoms with E-state index in [9.17, 15) is 18.0 Å². The molecule has 0 aromatic carbocycles. The summed E-state index contributed by atoms with van der Waals surface area (Å²) >= 11 is 0. The van der Waals surface area contributed by atoms with E-state index in [-0.39, 0.29) is 13.0 Å². The number of halogens is 3. The molecular formula is C14H19F3N2O2. The quantitative estimate of drug-likeness (QED) is 0.924. The third kappa shape index (κ3) is 8.16. The van der Waals surface area contributed by atoms with Gasteiger partial charge in [-0.15, -0.1) is 0 Å². The molecule has 118 valence electrons. The molecule has 0 saturated heterocycles. The van der Waals surface area contributed by atoms with Crippen LogP contribution in [0.15, 0.2) is 18.3 Å². The first-order chi connectivity index (χ1) is 9.55. The molecule has 0 aliphatic rings. The molecule has 1 amide bonds. The third-order valence-corrected chi connectivity index (χ3v) is 2.38. The molecule has 0 bridgehead atoms. The highest BCUT2D eigenvalue weighted by molar-refractivity contribution is 5.67. The van der Waals surface area contributed by atoms with Crippen molar-refractivity contribution in [3.05, 3.63) is 29.6 Å². The van der Waals surface area contributed by atoms with Gasteiger partial charge >= 0.3 is 12.3 Å². The Hall–Kier alpha value is -1.79. The minimum absolute atomic E-state index is 0.177. The molecule has 4 nitrogen and oxygen atoms in total. The molecule has 1 aromatic rings. The zero-order valence-corrected chi connectivity index (χ0v) is 12.3. The number of hydrogen-bond donors (Lipinski definition) is 1. The normalized spacial score (nSPS) is 12.1. The van der Waals surface area contributed by atoms with Crippen molar-refractivity contribution in [2.24, 2.45) is 0 Å². The van der Waals surface area contributed by atoms with Gasteiger partial charge in [-0.1, -0.05) is 0 Å². The van der Waals surface area contributed by atoms with Gasteiger partial charge in [-0.3, -0.25) is 4.98 Å². The summed E-state index contributed by atoms with van der Waals surface area (Å²) in [7, 11) is 0. The van der Waals surface area contributed by atoms with E-state index in [4.69, 9.17) is 4.74 Å². The molecule has 7 heteroatoms. The molecular weight excluding hydrogens is 285 g/mol. The summed E-state index contributed by atoms with van der Waals surface area (Å²) in [4.78, 5) is 15.4. The summed E-state index contributed by atoms with van der Waals surface area (Å²) in [5.41, 5.74) is 0.420. The average Bonchev–Trinajstić information content (AvgIpc) is 2.32. The lowest BCUT2D eigenvalue weighted by Gasteiger charge is -2.19. The van der Waals surface area contributed by atoms with Gasteiger partial charge < -0.3 is 10.1 Å². The predicted molar refractivity (Wildman–Crippen MR) is 71.7 cm³/mol. The number of alkyl halides is 3. The summed E-state index contributed by atoms with van der Waals surface area (Å²) in [6, 6.07) is 3.18. The van der Waals surface area contributed by atoms with Gasteiger partial charge in [0.05, 0.1) is 0 Å². The largest absolute Gasteiger partial charge is 0.444 e. The topological polar surface area (TPSA) is 51.2 Å². The van der Waals surface area contributed by atoms with Crippen molar-refractivity contribution in [2.45, 2.75) is 51.9 Å². The number of carbonyl (C=O) groups excluding carboxylic acids is 1. The van der Waals surface area contributed by atoms with Gasteiger partial charge in [-0.25, -0.2) is 4.79 Å². The maximum absolute atomic E-state index is 12.2. The van der Waals surface area contributed by atoms with Crippen LogP contribution >= 0.6 is 0 Å². The number of nitrogens with one attached hydrogen (secondary N) is 1. The van der Waals surface area contributed by atoms with E-state index in [1.807, 2.05) is 0 Å². The molecule has 0 saturated carbocycles. The van der Waals surface area contributed by atoms with Crippen LogP contribution < -0.4 is 5.32 Å². The highest BCUT2D eigenvalue weighted by Crippen LogP contribution is 2.21. The number of amides is 1. The van der Waals surface area contributed by atoms with Crippen molar-refractivity contribution in [1.29, 1.82) is 0 Å². The van der Waals surface area contributed by atoms with Gasteiger partial charge in [0.15, 0.2) is 0 Å². The van der Waals surface area contributed by atoms with Gasteiger partial charge in [0.2, 0.25) is 0 Å². The lowest BCUT2D eigenvalue weighted by Crippen LogP contribution is -2.32. The van der Waals surface area contributed by atoms with Crippen LogP contribution in [0.25, 0.3) is 0 Å². The van der Waals surface area contributed by atoms with Crippen molar-refractivity contribution in [1.82, 2.24) is 10.3 Å². The average molecular weight is 304 g/mol. The van der Waals surface area contributed by atoms with E-state index in [0.717, 1.165) is 0 Å². The molecule has 1 aromatic heterocycles. The van der Waals surface area contributed by atoms with Gasteiger partial charge in [-0.2, -0.15) is 13.2 Å². The smallest absolute Gasteiger partial charge is 0.407 e. The minimum Gasteiger partial charge on any atom is -0.444 e. The van der Waals surface area contributed by atoms with Gasteiger partial charge in [0, 0.05) is 24.9 Å². The van der Waals surface area contributed by atoms with Gasteiger partial charge in [-0.05, 0) is 44.9 Å². The molecule has 0 atom stereocenters. The van der Waals surface area contributed by atoms with Crippen LogP contribution in [-0.2, 0) is 17.7 Å². The third-order valence-electron chi connectivity index (χ3n) is 2.38. The van der Waals surface area contributed by atoms with E-state index >= 15 is 0 Å². The fourth-order valence-corrected chi connectivity index (χ4v) is 1.53. The Morgan fingerprint density at radius 3 is 2.57 bits per heavy atom. The molecule has 0 radical (unpaired) electrons. The van der Waals surface area contributed by atoms with Crippen LogP contribution in [0.2, 0.25) is 0 Å². The summed E-state index contributed by atoms with van der Waals surface area (Å²) < 4.78 is 41.5. The maximum atomic E-state index is 12.2. The molecule has 0 unspecified atom stereocenters. The highest BCUT2D eigenvalue weighted by Gasteiger charge is 2.26. The second kappa shape index (κ2) is 6.78. The monoisotopic (exact) mass is 304 g/mol. The lowest BCUT2D eigenvalue weighted by molar-refractivity contribution is -0.134. The second-order valence-corrected chi connectivity index (χ2v) is 5.63. The van der Waals surface area contributed by atoms with Gasteiger partial charge in [0.1, 0.15) is 5.60 Å². The zero-order chi connectivity index (χ0) is 16.1. The maximum Gasteiger partial charge on any atom is 0.407 e. The Balaban J connectivity index is 2.51. The lowest BCUT2D eigenvalue weighted by atomic mass is 10.1. The zero-order valence-electron chi connectivity index (χ0n) is 12.3. The van der Waals surface area contributed by atoms with Crippen LogP contribution in [0, 0.1) is 0 Å². The van der Waals surface area contributed by atoms with Crippen LogP contribution in [0.3, 0.4) is 0 Å². The van der Waals surface area contributed by atoms with Crippen molar-refractivity contribution in [2.75, 3.05) is 0 Å². The molecule has 1 N–H and O–H groups in total. The first-order valence-electron chi connectivity index (χ1n) is 6.52. The Morgan fingerprint density at radius 2 is 2.00 bits per heavy atom. The van der Waals surface area contributed by atoms with E-state index in [2.05, 4.69) is 10.3 Å². The van der Waals surface area contributed by atoms with Crippen molar-refractivity contribution in [3.8, 4) is 0 Å². The van der Waals surface area contributed by atoms with Crippen molar-refractivity contribution < 1.29 is 22.7 Å². The van der Waals surface area contributed by atoms with Crippen LogP contribution in [-0.4, -0.2) is 22.9 Å². The van der Waals surface area contributed by atoms with Crippen LogP contribution in [0.4, 0.5) is 18.0 Å². The number of hydrogen-bond acceptors (Lipinski definition) is 3. The number of alkyl carbamates (subject to hydrolysis) is 1. The van der Waals surface area contributed by atoms with E-state index < -0.39 is 24.3 Å². The Labute approximate surface area is 121 Å². The number of rotatable bonds is 4. The molecule has 0 spiro atoms. The van der Waals surface area contributed by atoms with E-state index in [0.29, 0.717) is 11.3 Å². The molecule has 1 rings (SSSR count). The predicted octanol–water partition coefficient (Wildman–Crippen LogP) is 3.60. The van der Waals surface area contributed by atoms with E-state index in [1.165, 1.54) is 6.20 Å². The number of aromatic nitrogens is 1. The standard InChI is InChI=1S/C14H19F3N2O2/c1-13(2,3)21-12(20)19-9-10-5-7-18-11(8-10)4-6-14(15,16)17/h5,7-8H,4,6,9H2,1-3H3,(H,19,20). The number of carbonyl (C=O) groups is 1. The molecule has 0 aliphatic carbocycles. The second-order valence-electron chi connectivity index (χ2n) is 5.63. The van der Waals surface area contributed by atoms with Crippen molar-refractivity contribution >= 4 is 6.09 Å². The summed E-state index contributed by atoms with van der Waals surface area (Å²) in [6.45, 7) is 5.41. The van der Waals surface area contributed by atoms with E-state index in [1.54, 1.807) is 32.9 Å². The first-order valence-corrected chi connectivity index (χ1v) is 6.52. The molecule has 0 fully saturated rings. The Kier molecular flexibility index (Phi) is 5.57. The number of pyridine rings is 1. The Bertz CT molecular complexity index is 482. The van der Waals surface area contributed by atoms with Crippen LogP contribution in [0.5, 0.6) is 0 Å². The molecule has 1 heterocycles. The first kappa shape index (κ1) is 17.3. The van der Waals surface area contributed by atoms with Crippen LogP contribution in [0.1, 0.15) is 38.4 Å². The fourth-order valence-electron chi connectivity index (χ4n) is 1.53. The minimum atomic E-state index is -4.20. The highest BCUT2D eigenvalue weighted by atomic mass is 19.4. The number of aryl methyl sites for hydroxylation is 1.